The predicted molar refractivity (Wildman–Crippen MR) is 109 cm³/mol. The summed E-state index contributed by atoms with van der Waals surface area (Å²) in [6.07, 6.45) is 24.7. The summed E-state index contributed by atoms with van der Waals surface area (Å²) >= 11 is 0. The molecule has 2 atom stereocenters. The molecule has 0 aliphatic heterocycles. The van der Waals surface area contributed by atoms with Gasteiger partial charge in [-0.2, -0.15) is 0 Å². The molecule has 0 saturated heterocycles. The van der Waals surface area contributed by atoms with E-state index in [4.69, 9.17) is 0 Å². The summed E-state index contributed by atoms with van der Waals surface area (Å²) in [6.45, 7) is 7.90. The minimum Gasteiger partial charge on any atom is -0.0654 e. The Morgan fingerprint density at radius 3 is 1.72 bits per heavy atom. The third-order valence-corrected chi connectivity index (χ3v) is 9.93. The third-order valence-electron chi connectivity index (χ3n) is 9.93. The van der Waals surface area contributed by atoms with E-state index in [1.165, 1.54) is 51.4 Å². The number of hydrogen-bond donors (Lipinski definition) is 0. The smallest absolute Gasteiger partial charge is 0.0179 e. The fourth-order valence-corrected chi connectivity index (χ4v) is 9.32. The normalized spacial score (nSPS) is 36.8. The van der Waals surface area contributed by atoms with Crippen molar-refractivity contribution in [1.29, 1.82) is 0 Å². The molecule has 2 unspecified atom stereocenters. The molecule has 0 heterocycles. The third kappa shape index (κ3) is 2.67. The van der Waals surface area contributed by atoms with Crippen LogP contribution in [-0.2, 0) is 0 Å². The Morgan fingerprint density at radius 1 is 0.760 bits per heavy atom. The maximum absolute atomic E-state index is 2.70. The highest BCUT2D eigenvalue weighted by Crippen LogP contribution is 2.77. The van der Waals surface area contributed by atoms with Gasteiger partial charge in [-0.25, -0.2) is 0 Å². The van der Waals surface area contributed by atoms with E-state index in [0.29, 0.717) is 16.2 Å². The van der Waals surface area contributed by atoms with Crippen molar-refractivity contribution in [1.82, 2.24) is 0 Å². The van der Waals surface area contributed by atoms with Gasteiger partial charge in [0.1, 0.15) is 0 Å². The van der Waals surface area contributed by atoms with Crippen LogP contribution >= 0.6 is 0 Å². The van der Waals surface area contributed by atoms with Crippen molar-refractivity contribution < 1.29 is 0 Å². The lowest BCUT2D eigenvalue weighted by Gasteiger charge is -2.64. The van der Waals surface area contributed by atoms with Crippen molar-refractivity contribution >= 4 is 0 Å². The molecule has 0 N–H and O–H groups in total. The van der Waals surface area contributed by atoms with Crippen LogP contribution < -0.4 is 0 Å². The molecule has 0 amide bonds. The highest BCUT2D eigenvalue weighted by atomic mass is 14.7. The first kappa shape index (κ1) is 18.4. The van der Waals surface area contributed by atoms with E-state index in [9.17, 15) is 0 Å². The molecule has 0 aromatic rings. The van der Waals surface area contributed by atoms with Crippen LogP contribution in [0.15, 0.2) is 0 Å². The second-order valence-corrected chi connectivity index (χ2v) is 11.2. The average Bonchev–Trinajstić information content (AvgIpc) is 3.17. The van der Waals surface area contributed by atoms with Crippen molar-refractivity contribution in [3.8, 4) is 0 Å². The van der Waals surface area contributed by atoms with E-state index in [0.717, 1.165) is 17.8 Å². The molecule has 0 heteroatoms. The van der Waals surface area contributed by atoms with Crippen molar-refractivity contribution in [3.05, 3.63) is 0 Å². The van der Waals surface area contributed by atoms with Gasteiger partial charge in [0.05, 0.1) is 0 Å². The molecule has 25 heavy (non-hydrogen) atoms. The zero-order chi connectivity index (χ0) is 17.5. The lowest BCUT2D eigenvalue weighted by atomic mass is 9.41. The van der Waals surface area contributed by atoms with Crippen molar-refractivity contribution in [2.75, 3.05) is 0 Å². The zero-order valence-electron chi connectivity index (χ0n) is 17.5. The molecule has 4 rings (SSSR count). The van der Waals surface area contributed by atoms with Gasteiger partial charge in [-0.1, -0.05) is 65.7 Å². The van der Waals surface area contributed by atoms with E-state index in [1.54, 1.807) is 51.4 Å². The van der Waals surface area contributed by atoms with Crippen molar-refractivity contribution in [2.45, 2.75) is 124 Å². The molecule has 0 aromatic heterocycles. The van der Waals surface area contributed by atoms with Crippen LogP contribution in [0.1, 0.15) is 124 Å². The van der Waals surface area contributed by atoms with E-state index in [-0.39, 0.29) is 0 Å². The first-order valence-electron chi connectivity index (χ1n) is 12.1. The van der Waals surface area contributed by atoms with Gasteiger partial charge in [-0.05, 0) is 91.8 Å². The van der Waals surface area contributed by atoms with Crippen LogP contribution in [-0.4, -0.2) is 0 Å². The maximum atomic E-state index is 2.70. The van der Waals surface area contributed by atoms with Gasteiger partial charge in [-0.15, -0.1) is 0 Å². The minimum absolute atomic E-state index is 0.597. The number of hydrogen-bond acceptors (Lipinski definition) is 0. The SMILES string of the molecule is CCCC(C1CCCCC1)(C1CCCCC1)C12CCC(CC1(C)C)C2. The summed E-state index contributed by atoms with van der Waals surface area (Å²) in [5.74, 6) is 3.18. The average molecular weight is 345 g/mol. The molecule has 4 fully saturated rings. The summed E-state index contributed by atoms with van der Waals surface area (Å²) in [7, 11) is 0. The topological polar surface area (TPSA) is 0 Å². The first-order valence-corrected chi connectivity index (χ1v) is 12.1. The van der Waals surface area contributed by atoms with Crippen LogP contribution in [0.5, 0.6) is 0 Å². The van der Waals surface area contributed by atoms with E-state index in [1.807, 2.05) is 0 Å². The van der Waals surface area contributed by atoms with E-state index < -0.39 is 0 Å². The van der Waals surface area contributed by atoms with Crippen LogP contribution in [0.3, 0.4) is 0 Å². The Bertz CT molecular complexity index is 431. The van der Waals surface area contributed by atoms with Crippen LogP contribution in [0, 0.1) is 34.0 Å². The van der Waals surface area contributed by atoms with Gasteiger partial charge in [0.15, 0.2) is 0 Å². The molecule has 2 bridgehead atoms. The van der Waals surface area contributed by atoms with Crippen LogP contribution in [0.25, 0.3) is 0 Å². The van der Waals surface area contributed by atoms with Gasteiger partial charge in [0.25, 0.3) is 0 Å². The lowest BCUT2D eigenvalue weighted by Crippen LogP contribution is -2.56. The summed E-state index contributed by atoms with van der Waals surface area (Å²) in [4.78, 5) is 0. The van der Waals surface area contributed by atoms with Crippen LogP contribution in [0.4, 0.5) is 0 Å². The second kappa shape index (κ2) is 6.87. The lowest BCUT2D eigenvalue weighted by molar-refractivity contribution is -0.152. The Labute approximate surface area is 157 Å². The number of rotatable bonds is 5. The predicted octanol–water partition coefficient (Wildman–Crippen LogP) is 8.15. The molecule has 0 spiro atoms. The van der Waals surface area contributed by atoms with Gasteiger partial charge in [-0.3, -0.25) is 0 Å². The highest BCUT2D eigenvalue weighted by molar-refractivity contribution is 5.17. The Balaban J connectivity index is 1.81. The van der Waals surface area contributed by atoms with Gasteiger partial charge >= 0.3 is 0 Å². The van der Waals surface area contributed by atoms with Gasteiger partial charge in [0, 0.05) is 0 Å². The highest BCUT2D eigenvalue weighted by Gasteiger charge is 2.68. The summed E-state index contributed by atoms with van der Waals surface area (Å²) in [6, 6.07) is 0. The zero-order valence-corrected chi connectivity index (χ0v) is 17.5. The largest absolute Gasteiger partial charge is 0.0654 e. The molecule has 0 aromatic carbocycles. The molecular weight excluding hydrogens is 300 g/mol. The molecular formula is C25H44. The quantitative estimate of drug-likeness (QED) is 0.472. The van der Waals surface area contributed by atoms with E-state index in [2.05, 4.69) is 20.8 Å². The molecule has 4 saturated carbocycles. The minimum atomic E-state index is 0.597. The Hall–Kier alpha value is 0. The van der Waals surface area contributed by atoms with Crippen LogP contribution in [0.2, 0.25) is 0 Å². The standard InChI is InChI=1S/C25H44/c1-4-16-25(21-11-7-5-8-12-21,22-13-9-6-10-14-22)24-17-15-20(19-24)18-23(24,2)3/h20-22H,4-19H2,1-3H3. The van der Waals surface area contributed by atoms with Gasteiger partial charge < -0.3 is 0 Å². The van der Waals surface area contributed by atoms with E-state index >= 15 is 0 Å². The summed E-state index contributed by atoms with van der Waals surface area (Å²) in [5, 5.41) is 0. The van der Waals surface area contributed by atoms with Crippen molar-refractivity contribution in [2.24, 2.45) is 34.0 Å². The fraction of sp³-hybridized carbons (Fsp3) is 1.00. The second-order valence-electron chi connectivity index (χ2n) is 11.2. The molecule has 0 nitrogen and oxygen atoms in total. The first-order chi connectivity index (χ1) is 12.1. The molecule has 144 valence electrons. The fourth-order valence-electron chi connectivity index (χ4n) is 9.32. The Kier molecular flexibility index (Phi) is 5.04. The monoisotopic (exact) mass is 344 g/mol. The maximum Gasteiger partial charge on any atom is -0.0179 e. The van der Waals surface area contributed by atoms with Gasteiger partial charge in [0.2, 0.25) is 0 Å². The Morgan fingerprint density at radius 2 is 1.32 bits per heavy atom. The molecule has 0 radical (unpaired) electrons. The summed E-state index contributed by atoms with van der Waals surface area (Å²) < 4.78 is 0. The van der Waals surface area contributed by atoms with Crippen molar-refractivity contribution in [3.63, 3.8) is 0 Å². The number of fused-ring (bicyclic) bond motifs is 2. The molecule has 4 aliphatic rings. The summed E-state index contributed by atoms with van der Waals surface area (Å²) in [5.41, 5.74) is 1.97. The molecule has 4 aliphatic carbocycles.